The monoisotopic (exact) mass is 163 g/mol. The topological polar surface area (TPSA) is 26.0 Å². The van der Waals surface area contributed by atoms with Gasteiger partial charge in [0.2, 0.25) is 0 Å². The zero-order valence-electron chi connectivity index (χ0n) is 4.87. The first-order chi connectivity index (χ1) is 4.63. The molecule has 4 heteroatoms. The Kier molecular flexibility index (Phi) is 1.76. The summed E-state index contributed by atoms with van der Waals surface area (Å²) in [4.78, 5) is 0. The standard InChI is InChI=1S/C6H4ClF2N/c7-3-1-2-4(10)6(9)5(3)8/h1-2H,10H2. The van der Waals surface area contributed by atoms with Gasteiger partial charge in [-0.05, 0) is 12.1 Å². The number of hydrogen-bond acceptors (Lipinski definition) is 1. The molecule has 0 spiro atoms. The summed E-state index contributed by atoms with van der Waals surface area (Å²) in [6.45, 7) is 0. The van der Waals surface area contributed by atoms with Crippen LogP contribution in [0.4, 0.5) is 14.5 Å². The van der Waals surface area contributed by atoms with E-state index in [0.717, 1.165) is 0 Å². The van der Waals surface area contributed by atoms with Crippen molar-refractivity contribution in [1.82, 2.24) is 0 Å². The summed E-state index contributed by atoms with van der Waals surface area (Å²) >= 11 is 5.22. The summed E-state index contributed by atoms with van der Waals surface area (Å²) in [5.41, 5.74) is 4.78. The fraction of sp³-hybridized carbons (Fsp3) is 0. The van der Waals surface area contributed by atoms with Crippen molar-refractivity contribution in [2.75, 3.05) is 5.73 Å². The third kappa shape index (κ3) is 1.04. The second-order valence-electron chi connectivity index (χ2n) is 1.76. The Morgan fingerprint density at radius 2 is 1.80 bits per heavy atom. The van der Waals surface area contributed by atoms with Gasteiger partial charge in [0.1, 0.15) is 0 Å². The Morgan fingerprint density at radius 3 is 2.30 bits per heavy atom. The first-order valence-corrected chi connectivity index (χ1v) is 2.89. The number of rotatable bonds is 0. The molecule has 1 nitrogen and oxygen atoms in total. The van der Waals surface area contributed by atoms with E-state index in [1.807, 2.05) is 0 Å². The first-order valence-electron chi connectivity index (χ1n) is 2.52. The maximum absolute atomic E-state index is 12.4. The normalized spacial score (nSPS) is 9.90. The average Bonchev–Trinajstić information content (AvgIpc) is 1.93. The van der Waals surface area contributed by atoms with Crippen LogP contribution in [-0.2, 0) is 0 Å². The smallest absolute Gasteiger partial charge is 0.183 e. The summed E-state index contributed by atoms with van der Waals surface area (Å²) in [6, 6.07) is 2.41. The molecule has 0 radical (unpaired) electrons. The molecule has 0 bridgehead atoms. The molecular formula is C6H4ClF2N. The number of hydrogen-bond donors (Lipinski definition) is 1. The van der Waals surface area contributed by atoms with Crippen LogP contribution < -0.4 is 5.73 Å². The summed E-state index contributed by atoms with van der Waals surface area (Å²) in [7, 11) is 0. The molecule has 0 aliphatic heterocycles. The highest BCUT2D eigenvalue weighted by Gasteiger charge is 2.08. The lowest BCUT2D eigenvalue weighted by atomic mass is 10.3. The van der Waals surface area contributed by atoms with Crippen molar-refractivity contribution in [2.45, 2.75) is 0 Å². The summed E-state index contributed by atoms with van der Waals surface area (Å²) in [5.74, 6) is -2.19. The lowest BCUT2D eigenvalue weighted by Gasteiger charge is -1.97. The van der Waals surface area contributed by atoms with Crippen molar-refractivity contribution in [2.24, 2.45) is 0 Å². The molecule has 1 aromatic rings. The van der Waals surface area contributed by atoms with Gasteiger partial charge in [0.25, 0.3) is 0 Å². The zero-order valence-corrected chi connectivity index (χ0v) is 5.62. The van der Waals surface area contributed by atoms with Crippen molar-refractivity contribution in [3.8, 4) is 0 Å². The molecule has 0 heterocycles. The number of nitrogens with two attached hydrogens (primary N) is 1. The van der Waals surface area contributed by atoms with Gasteiger partial charge in [-0.3, -0.25) is 0 Å². The van der Waals surface area contributed by atoms with E-state index >= 15 is 0 Å². The van der Waals surface area contributed by atoms with Gasteiger partial charge in [-0.15, -0.1) is 0 Å². The Labute approximate surface area is 61.4 Å². The zero-order chi connectivity index (χ0) is 7.72. The van der Waals surface area contributed by atoms with Gasteiger partial charge in [-0.2, -0.15) is 0 Å². The number of halogens is 3. The van der Waals surface area contributed by atoms with Crippen LogP contribution in [0.15, 0.2) is 12.1 Å². The van der Waals surface area contributed by atoms with Crippen molar-refractivity contribution in [3.63, 3.8) is 0 Å². The second kappa shape index (κ2) is 2.42. The van der Waals surface area contributed by atoms with E-state index in [1.54, 1.807) is 0 Å². The molecule has 0 aliphatic rings. The first kappa shape index (κ1) is 7.28. The number of anilines is 1. The molecule has 0 saturated heterocycles. The predicted octanol–water partition coefficient (Wildman–Crippen LogP) is 2.20. The molecule has 2 N–H and O–H groups in total. The van der Waals surface area contributed by atoms with E-state index in [2.05, 4.69) is 0 Å². The molecule has 54 valence electrons. The van der Waals surface area contributed by atoms with Crippen LogP contribution in [0.2, 0.25) is 5.02 Å². The largest absolute Gasteiger partial charge is 0.396 e. The van der Waals surface area contributed by atoms with Gasteiger partial charge >= 0.3 is 0 Å². The van der Waals surface area contributed by atoms with Crippen LogP contribution in [0, 0.1) is 11.6 Å². The average molecular weight is 164 g/mol. The second-order valence-corrected chi connectivity index (χ2v) is 2.17. The molecule has 0 unspecified atom stereocenters. The lowest BCUT2D eigenvalue weighted by Crippen LogP contribution is -1.93. The number of benzene rings is 1. The fourth-order valence-corrected chi connectivity index (χ4v) is 0.687. The molecule has 0 aromatic heterocycles. The summed E-state index contributed by atoms with van der Waals surface area (Å²) in [6.07, 6.45) is 0. The molecule has 0 saturated carbocycles. The molecule has 0 atom stereocenters. The molecule has 1 aromatic carbocycles. The minimum absolute atomic E-state index is 0.234. The van der Waals surface area contributed by atoms with Crippen molar-refractivity contribution in [3.05, 3.63) is 28.8 Å². The van der Waals surface area contributed by atoms with E-state index < -0.39 is 11.6 Å². The Hall–Kier alpha value is -0.830. The molecule has 0 aliphatic carbocycles. The van der Waals surface area contributed by atoms with Gasteiger partial charge in [0.15, 0.2) is 11.6 Å². The van der Waals surface area contributed by atoms with Gasteiger partial charge in [0, 0.05) is 0 Å². The lowest BCUT2D eigenvalue weighted by molar-refractivity contribution is 0.512. The van der Waals surface area contributed by atoms with Gasteiger partial charge in [-0.25, -0.2) is 8.78 Å². The van der Waals surface area contributed by atoms with E-state index in [9.17, 15) is 8.78 Å². The molecular weight excluding hydrogens is 160 g/mol. The Bertz CT molecular complexity index is 235. The van der Waals surface area contributed by atoms with Crippen LogP contribution in [0.3, 0.4) is 0 Å². The van der Waals surface area contributed by atoms with Gasteiger partial charge in [0.05, 0.1) is 10.7 Å². The maximum atomic E-state index is 12.4. The third-order valence-corrected chi connectivity index (χ3v) is 1.36. The van der Waals surface area contributed by atoms with E-state index in [1.165, 1.54) is 12.1 Å². The van der Waals surface area contributed by atoms with E-state index in [-0.39, 0.29) is 10.7 Å². The highest BCUT2D eigenvalue weighted by Crippen LogP contribution is 2.21. The van der Waals surface area contributed by atoms with Crippen LogP contribution >= 0.6 is 11.6 Å². The Morgan fingerprint density at radius 1 is 1.20 bits per heavy atom. The van der Waals surface area contributed by atoms with Crippen molar-refractivity contribution < 1.29 is 8.78 Å². The van der Waals surface area contributed by atoms with E-state index in [4.69, 9.17) is 17.3 Å². The fourth-order valence-electron chi connectivity index (χ4n) is 0.541. The summed E-state index contributed by atoms with van der Waals surface area (Å²) in [5, 5.41) is -0.258. The number of nitrogen functional groups attached to an aromatic ring is 1. The van der Waals surface area contributed by atoms with Crippen molar-refractivity contribution >= 4 is 17.3 Å². The minimum atomic E-state index is -1.10. The molecule has 10 heavy (non-hydrogen) atoms. The van der Waals surface area contributed by atoms with Crippen LogP contribution in [0.25, 0.3) is 0 Å². The quantitative estimate of drug-likeness (QED) is 0.461. The highest BCUT2D eigenvalue weighted by molar-refractivity contribution is 6.30. The molecule has 1 rings (SSSR count). The molecule has 0 amide bonds. The maximum Gasteiger partial charge on any atom is 0.183 e. The highest BCUT2D eigenvalue weighted by atomic mass is 35.5. The third-order valence-electron chi connectivity index (χ3n) is 1.07. The van der Waals surface area contributed by atoms with Crippen molar-refractivity contribution in [1.29, 1.82) is 0 Å². The predicted molar refractivity (Wildman–Crippen MR) is 35.8 cm³/mol. The van der Waals surface area contributed by atoms with E-state index in [0.29, 0.717) is 0 Å². The van der Waals surface area contributed by atoms with Crippen LogP contribution in [0.5, 0.6) is 0 Å². The Balaban J connectivity index is 3.34. The van der Waals surface area contributed by atoms with Gasteiger partial charge in [-0.1, -0.05) is 11.6 Å². The van der Waals surface area contributed by atoms with Crippen LogP contribution in [-0.4, -0.2) is 0 Å². The van der Waals surface area contributed by atoms with Crippen LogP contribution in [0.1, 0.15) is 0 Å². The SMILES string of the molecule is Nc1ccc(Cl)c(F)c1F. The van der Waals surface area contributed by atoms with Gasteiger partial charge < -0.3 is 5.73 Å². The summed E-state index contributed by atoms with van der Waals surface area (Å²) < 4.78 is 24.8. The minimum Gasteiger partial charge on any atom is -0.396 e. The molecule has 0 fully saturated rings.